The Bertz CT molecular complexity index is 1720. The molecule has 1 N–H and O–H groups in total. The maximum absolute atomic E-state index is 12.9. The number of nitrogens with zero attached hydrogens (tertiary/aromatic N) is 2. The lowest BCUT2D eigenvalue weighted by atomic mass is 9.95. The van der Waals surface area contributed by atoms with Crippen molar-refractivity contribution < 1.29 is 22.7 Å². The van der Waals surface area contributed by atoms with Crippen molar-refractivity contribution in [1.29, 1.82) is 0 Å². The molecule has 1 saturated heterocycles. The zero-order chi connectivity index (χ0) is 28.6. The lowest BCUT2D eigenvalue weighted by Gasteiger charge is -2.13. The number of carbonyl (C=O) groups is 2. The normalized spacial score (nSPS) is 15.6. The first kappa shape index (κ1) is 27.5. The van der Waals surface area contributed by atoms with E-state index in [4.69, 9.17) is 4.74 Å². The summed E-state index contributed by atoms with van der Waals surface area (Å²) >= 11 is 0. The van der Waals surface area contributed by atoms with Crippen molar-refractivity contribution in [1.82, 2.24) is 14.2 Å². The second-order valence-electron chi connectivity index (χ2n) is 10.5. The predicted molar refractivity (Wildman–Crippen MR) is 154 cm³/mol. The summed E-state index contributed by atoms with van der Waals surface area (Å²) in [5.41, 5.74) is 4.91. The Kier molecular flexibility index (Phi) is 7.42. The van der Waals surface area contributed by atoms with Crippen LogP contribution < -0.4 is 9.46 Å². The van der Waals surface area contributed by atoms with Gasteiger partial charge in [0.25, 0.3) is 15.9 Å². The number of aryl methyl sites for hydroxylation is 2. The number of amides is 2. The lowest BCUT2D eigenvalue weighted by Crippen LogP contribution is -2.31. The van der Waals surface area contributed by atoms with Crippen molar-refractivity contribution in [2.75, 3.05) is 20.7 Å². The van der Waals surface area contributed by atoms with E-state index in [1.54, 1.807) is 48.2 Å². The summed E-state index contributed by atoms with van der Waals surface area (Å²) in [7, 11) is 1.36. The van der Waals surface area contributed by atoms with Crippen LogP contribution in [0.15, 0.2) is 71.8 Å². The smallest absolute Gasteiger partial charge is 0.265 e. The summed E-state index contributed by atoms with van der Waals surface area (Å²) in [5.74, 6) is -0.0133. The highest BCUT2D eigenvalue weighted by Crippen LogP contribution is 2.30. The number of likely N-dealkylation sites (tertiary alicyclic amines) is 1. The van der Waals surface area contributed by atoms with Gasteiger partial charge in [-0.2, -0.15) is 0 Å². The number of aromatic nitrogens is 1. The standard InChI is InChI=1S/C31H33N3O5S/c1-20-7-5-6-8-29(20)40(37,38)32-30(35)23-11-10-22(28(18-23)39-4)17-25-19-34(3)27-12-9-21(16-26(25)27)15-24-13-14-33(2)31(24)36/h5-12,16,18-19,24H,13-15,17H2,1-4H3,(H,32,35). The molecule has 0 aliphatic carbocycles. The molecular formula is C31H33N3O5S. The van der Waals surface area contributed by atoms with Gasteiger partial charge in [-0.1, -0.05) is 30.3 Å². The van der Waals surface area contributed by atoms with Gasteiger partial charge in [-0.25, -0.2) is 13.1 Å². The zero-order valence-corrected chi connectivity index (χ0v) is 23.9. The molecule has 3 aromatic carbocycles. The third kappa shape index (κ3) is 5.34. The minimum absolute atomic E-state index is 0.0167. The third-order valence-electron chi connectivity index (χ3n) is 7.70. The average molecular weight is 560 g/mol. The van der Waals surface area contributed by atoms with E-state index in [9.17, 15) is 18.0 Å². The zero-order valence-electron chi connectivity index (χ0n) is 23.1. The van der Waals surface area contributed by atoms with E-state index in [0.29, 0.717) is 24.2 Å². The van der Waals surface area contributed by atoms with Gasteiger partial charge in [0.15, 0.2) is 0 Å². The summed E-state index contributed by atoms with van der Waals surface area (Å²) in [6.45, 7) is 2.48. The van der Waals surface area contributed by atoms with Crippen molar-refractivity contribution in [2.45, 2.75) is 31.1 Å². The van der Waals surface area contributed by atoms with Gasteiger partial charge in [-0.05, 0) is 72.4 Å². The van der Waals surface area contributed by atoms with E-state index >= 15 is 0 Å². The number of benzene rings is 3. The van der Waals surface area contributed by atoms with Gasteiger partial charge in [0, 0.05) is 55.6 Å². The molecule has 1 aromatic heterocycles. The molecule has 1 fully saturated rings. The Morgan fingerprint density at radius 1 is 1.05 bits per heavy atom. The molecule has 1 unspecified atom stereocenters. The maximum Gasteiger partial charge on any atom is 0.265 e. The van der Waals surface area contributed by atoms with Crippen LogP contribution in [-0.2, 0) is 34.7 Å². The Labute approximate surface area is 234 Å². The molecule has 1 atom stereocenters. The van der Waals surface area contributed by atoms with Crippen molar-refractivity contribution in [3.63, 3.8) is 0 Å². The first-order valence-electron chi connectivity index (χ1n) is 13.2. The van der Waals surface area contributed by atoms with Gasteiger partial charge in [-0.3, -0.25) is 9.59 Å². The third-order valence-corrected chi connectivity index (χ3v) is 9.19. The van der Waals surface area contributed by atoms with Gasteiger partial charge in [0.05, 0.1) is 12.0 Å². The highest BCUT2D eigenvalue weighted by atomic mass is 32.2. The molecule has 1 aliphatic heterocycles. The Hall–Kier alpha value is -4.11. The van der Waals surface area contributed by atoms with Crippen molar-refractivity contribution in [3.05, 3.63) is 94.7 Å². The van der Waals surface area contributed by atoms with Crippen LogP contribution in [0.2, 0.25) is 0 Å². The van der Waals surface area contributed by atoms with E-state index < -0.39 is 15.9 Å². The van der Waals surface area contributed by atoms with Crippen molar-refractivity contribution in [3.8, 4) is 5.75 Å². The highest BCUT2D eigenvalue weighted by molar-refractivity contribution is 7.90. The summed E-state index contributed by atoms with van der Waals surface area (Å²) in [4.78, 5) is 27.2. The van der Waals surface area contributed by atoms with E-state index in [1.165, 1.54) is 13.2 Å². The largest absolute Gasteiger partial charge is 0.496 e. The fourth-order valence-electron chi connectivity index (χ4n) is 5.49. The van der Waals surface area contributed by atoms with Crippen LogP contribution >= 0.6 is 0 Å². The van der Waals surface area contributed by atoms with E-state index in [-0.39, 0.29) is 22.3 Å². The minimum Gasteiger partial charge on any atom is -0.496 e. The number of sulfonamides is 1. The number of carbonyl (C=O) groups excluding carboxylic acids is 2. The Morgan fingerprint density at radius 3 is 2.52 bits per heavy atom. The summed E-state index contributed by atoms with van der Waals surface area (Å²) in [6, 6.07) is 17.8. The summed E-state index contributed by atoms with van der Waals surface area (Å²) < 4.78 is 35.5. The van der Waals surface area contributed by atoms with E-state index in [0.717, 1.165) is 40.6 Å². The molecule has 208 valence electrons. The Balaban J connectivity index is 1.39. The van der Waals surface area contributed by atoms with Gasteiger partial charge >= 0.3 is 0 Å². The lowest BCUT2D eigenvalue weighted by molar-refractivity contribution is -0.129. The first-order chi connectivity index (χ1) is 19.1. The van der Waals surface area contributed by atoms with Crippen LogP contribution in [0.1, 0.15) is 39.0 Å². The molecule has 8 nitrogen and oxygen atoms in total. The van der Waals surface area contributed by atoms with Crippen LogP contribution in [0.3, 0.4) is 0 Å². The molecule has 5 rings (SSSR count). The molecule has 0 saturated carbocycles. The molecule has 2 heterocycles. The molecule has 0 bridgehead atoms. The molecule has 9 heteroatoms. The van der Waals surface area contributed by atoms with Crippen LogP contribution in [0.25, 0.3) is 10.9 Å². The van der Waals surface area contributed by atoms with E-state index in [2.05, 4.69) is 33.7 Å². The van der Waals surface area contributed by atoms with Crippen LogP contribution in [0.4, 0.5) is 0 Å². The summed E-state index contributed by atoms with van der Waals surface area (Å²) in [5, 5.41) is 1.10. The number of methoxy groups -OCH3 is 1. The molecule has 0 spiro atoms. The van der Waals surface area contributed by atoms with Gasteiger partial charge in [0.1, 0.15) is 5.75 Å². The van der Waals surface area contributed by atoms with Crippen LogP contribution in [0, 0.1) is 12.8 Å². The minimum atomic E-state index is -4.02. The number of fused-ring (bicyclic) bond motifs is 1. The molecule has 2 amide bonds. The quantitative estimate of drug-likeness (QED) is 0.349. The Morgan fingerprint density at radius 2 is 1.82 bits per heavy atom. The number of hydrogen-bond acceptors (Lipinski definition) is 5. The van der Waals surface area contributed by atoms with Gasteiger partial charge in [0.2, 0.25) is 5.91 Å². The number of ether oxygens (including phenoxy) is 1. The number of nitrogens with one attached hydrogen (secondary N) is 1. The number of hydrogen-bond donors (Lipinski definition) is 1. The van der Waals surface area contributed by atoms with Gasteiger partial charge < -0.3 is 14.2 Å². The maximum atomic E-state index is 12.9. The first-order valence-corrected chi connectivity index (χ1v) is 14.7. The monoisotopic (exact) mass is 559 g/mol. The SMILES string of the molecule is COc1cc(C(=O)NS(=O)(=O)c2ccccc2C)ccc1Cc1cn(C)c2ccc(CC3CCN(C)C3=O)cc12. The second kappa shape index (κ2) is 10.8. The second-order valence-corrected chi connectivity index (χ2v) is 12.1. The van der Waals surface area contributed by atoms with Crippen LogP contribution in [0.5, 0.6) is 5.75 Å². The fourth-order valence-corrected chi connectivity index (χ4v) is 6.71. The highest BCUT2D eigenvalue weighted by Gasteiger charge is 2.29. The van der Waals surface area contributed by atoms with Crippen molar-refractivity contribution >= 4 is 32.7 Å². The fraction of sp³-hybridized carbons (Fsp3) is 0.290. The molecule has 4 aromatic rings. The predicted octanol–water partition coefficient (Wildman–Crippen LogP) is 4.23. The molecule has 40 heavy (non-hydrogen) atoms. The number of rotatable bonds is 8. The molecule has 0 radical (unpaired) electrons. The topological polar surface area (TPSA) is 97.7 Å². The van der Waals surface area contributed by atoms with Crippen molar-refractivity contribution in [2.24, 2.45) is 13.0 Å². The molecule has 1 aliphatic rings. The molecular weight excluding hydrogens is 526 g/mol. The average Bonchev–Trinajstić information content (AvgIpc) is 3.41. The summed E-state index contributed by atoms with van der Waals surface area (Å²) in [6.07, 6.45) is 4.22. The van der Waals surface area contributed by atoms with E-state index in [1.807, 2.05) is 14.1 Å². The van der Waals surface area contributed by atoms with Gasteiger partial charge in [-0.15, -0.1) is 0 Å². The van der Waals surface area contributed by atoms with Crippen LogP contribution in [-0.4, -0.2) is 50.4 Å².